The molecule has 0 spiro atoms. The van der Waals surface area contributed by atoms with Gasteiger partial charge in [-0.05, 0) is 17.7 Å². The molecule has 6 heteroatoms. The van der Waals surface area contributed by atoms with Gasteiger partial charge in [-0.2, -0.15) is 5.10 Å². The van der Waals surface area contributed by atoms with E-state index < -0.39 is 5.97 Å². The van der Waals surface area contributed by atoms with Crippen molar-refractivity contribution in [3.8, 4) is 5.75 Å². The van der Waals surface area contributed by atoms with Gasteiger partial charge in [0.15, 0.2) is 0 Å². The van der Waals surface area contributed by atoms with Crippen LogP contribution in [0.25, 0.3) is 0 Å². The van der Waals surface area contributed by atoms with Crippen molar-refractivity contribution in [2.24, 2.45) is 7.05 Å². The topological polar surface area (TPSA) is 90.4 Å². The Morgan fingerprint density at radius 3 is 2.95 bits per heavy atom. The number of nitrogen functional groups attached to an aromatic ring is 1. The lowest BCUT2D eigenvalue weighted by Gasteiger charge is -2.10. The first-order valence-electron chi connectivity index (χ1n) is 5.80. The number of hydrogen-bond donors (Lipinski definition) is 2. The number of rotatable bonds is 5. The summed E-state index contributed by atoms with van der Waals surface area (Å²) < 4.78 is 7.20. The molecular formula is C13H15N3O3. The highest BCUT2D eigenvalue weighted by Gasteiger charge is 2.14. The molecule has 19 heavy (non-hydrogen) atoms. The average Bonchev–Trinajstić information content (AvgIpc) is 2.74. The van der Waals surface area contributed by atoms with Crippen molar-refractivity contribution in [3.63, 3.8) is 0 Å². The Labute approximate surface area is 110 Å². The van der Waals surface area contributed by atoms with Gasteiger partial charge in [0.25, 0.3) is 0 Å². The van der Waals surface area contributed by atoms with Gasteiger partial charge in [-0.1, -0.05) is 6.07 Å². The summed E-state index contributed by atoms with van der Waals surface area (Å²) in [6, 6.07) is 4.81. The number of aryl methyl sites for hydroxylation is 1. The van der Waals surface area contributed by atoms with Gasteiger partial charge in [0.05, 0.1) is 12.8 Å². The minimum absolute atomic E-state index is 0.00804. The van der Waals surface area contributed by atoms with E-state index in [1.807, 2.05) is 13.2 Å². The summed E-state index contributed by atoms with van der Waals surface area (Å²) in [5.41, 5.74) is 6.87. The number of nitrogens with two attached hydrogens (primary N) is 1. The third-order valence-corrected chi connectivity index (χ3v) is 2.68. The van der Waals surface area contributed by atoms with Crippen LogP contribution in [0.2, 0.25) is 0 Å². The van der Waals surface area contributed by atoms with Crippen LogP contribution in [0, 0.1) is 0 Å². The summed E-state index contributed by atoms with van der Waals surface area (Å²) in [5, 5.41) is 13.1. The molecule has 0 radical (unpaired) electrons. The molecule has 2 rings (SSSR count). The van der Waals surface area contributed by atoms with Crippen LogP contribution in [0.4, 0.5) is 5.69 Å². The van der Waals surface area contributed by atoms with Gasteiger partial charge in [-0.15, -0.1) is 0 Å². The molecule has 2 aromatic rings. The number of carboxylic acids is 1. The van der Waals surface area contributed by atoms with Gasteiger partial charge in [-0.25, -0.2) is 4.79 Å². The molecule has 0 aliphatic rings. The summed E-state index contributed by atoms with van der Waals surface area (Å²) in [7, 11) is 1.84. The Hall–Kier alpha value is -2.50. The van der Waals surface area contributed by atoms with Gasteiger partial charge in [0, 0.05) is 25.4 Å². The van der Waals surface area contributed by atoms with Crippen LogP contribution in [0.3, 0.4) is 0 Å². The van der Waals surface area contributed by atoms with Crippen LogP contribution in [-0.4, -0.2) is 27.5 Å². The molecule has 6 nitrogen and oxygen atoms in total. The van der Waals surface area contributed by atoms with E-state index in [2.05, 4.69) is 5.10 Å². The van der Waals surface area contributed by atoms with Crippen LogP contribution in [0.1, 0.15) is 15.9 Å². The van der Waals surface area contributed by atoms with E-state index in [1.54, 1.807) is 23.0 Å². The fourth-order valence-corrected chi connectivity index (χ4v) is 1.78. The highest BCUT2D eigenvalue weighted by molar-refractivity contribution is 5.96. The number of benzene rings is 1. The molecule has 1 aromatic heterocycles. The number of hydrogen-bond acceptors (Lipinski definition) is 4. The second kappa shape index (κ2) is 5.43. The zero-order valence-electron chi connectivity index (χ0n) is 10.5. The number of nitrogens with zero attached hydrogens (tertiary/aromatic N) is 2. The summed E-state index contributed by atoms with van der Waals surface area (Å²) in [6.07, 6.45) is 4.29. The number of aromatic carboxylic acids is 1. The largest absolute Gasteiger partial charge is 0.492 e. The van der Waals surface area contributed by atoms with Crippen LogP contribution >= 0.6 is 0 Å². The van der Waals surface area contributed by atoms with Crippen LogP contribution in [0.15, 0.2) is 30.6 Å². The van der Waals surface area contributed by atoms with Crippen LogP contribution in [-0.2, 0) is 13.5 Å². The number of carboxylic acid groups (broad SMARTS) is 1. The van der Waals surface area contributed by atoms with Gasteiger partial charge in [-0.3, -0.25) is 4.68 Å². The summed E-state index contributed by atoms with van der Waals surface area (Å²) in [5.74, 6) is -0.800. The second-order valence-electron chi connectivity index (χ2n) is 4.15. The fraction of sp³-hybridized carbons (Fsp3) is 0.231. The SMILES string of the molecule is Cn1cc(CCOc2cccc(N)c2C(=O)O)cn1. The van der Waals surface area contributed by atoms with Gasteiger partial charge in [0.2, 0.25) is 0 Å². The van der Waals surface area contributed by atoms with Gasteiger partial charge < -0.3 is 15.6 Å². The molecule has 0 aliphatic heterocycles. The van der Waals surface area contributed by atoms with E-state index in [-0.39, 0.29) is 17.0 Å². The smallest absolute Gasteiger partial charge is 0.341 e. The molecule has 100 valence electrons. The Bertz CT molecular complexity index is 593. The first-order valence-corrected chi connectivity index (χ1v) is 5.80. The molecule has 0 saturated carbocycles. The van der Waals surface area contributed by atoms with Crippen LogP contribution < -0.4 is 10.5 Å². The average molecular weight is 261 g/mol. The molecule has 0 aliphatic carbocycles. The molecule has 0 atom stereocenters. The van der Waals surface area contributed by atoms with E-state index in [4.69, 9.17) is 15.6 Å². The third-order valence-electron chi connectivity index (χ3n) is 2.68. The molecular weight excluding hydrogens is 246 g/mol. The normalized spacial score (nSPS) is 10.4. The summed E-state index contributed by atoms with van der Waals surface area (Å²) >= 11 is 0. The Kier molecular flexibility index (Phi) is 3.70. The molecule has 0 amide bonds. The standard InChI is InChI=1S/C13H15N3O3/c1-16-8-9(7-15-16)5-6-19-11-4-2-3-10(14)12(11)13(17)18/h2-4,7-8H,5-6,14H2,1H3,(H,17,18). The first-order chi connectivity index (χ1) is 9.08. The third kappa shape index (κ3) is 3.04. The van der Waals surface area contributed by atoms with Crippen molar-refractivity contribution in [2.75, 3.05) is 12.3 Å². The zero-order valence-corrected chi connectivity index (χ0v) is 10.5. The number of ether oxygens (including phenoxy) is 1. The molecule has 0 bridgehead atoms. The van der Waals surface area contributed by atoms with E-state index in [0.717, 1.165) is 5.56 Å². The Morgan fingerprint density at radius 1 is 1.53 bits per heavy atom. The van der Waals surface area contributed by atoms with Crippen molar-refractivity contribution in [3.05, 3.63) is 41.7 Å². The van der Waals surface area contributed by atoms with Crippen LogP contribution in [0.5, 0.6) is 5.75 Å². The lowest BCUT2D eigenvalue weighted by molar-refractivity contribution is 0.0693. The van der Waals surface area contributed by atoms with Crippen molar-refractivity contribution in [2.45, 2.75) is 6.42 Å². The second-order valence-corrected chi connectivity index (χ2v) is 4.15. The molecule has 1 aromatic carbocycles. The summed E-state index contributed by atoms with van der Waals surface area (Å²) in [4.78, 5) is 11.1. The minimum Gasteiger partial charge on any atom is -0.492 e. The van der Waals surface area contributed by atoms with Crippen molar-refractivity contribution in [1.82, 2.24) is 9.78 Å². The van der Waals surface area contributed by atoms with E-state index in [9.17, 15) is 4.79 Å². The Balaban J connectivity index is 2.03. The number of carbonyl (C=O) groups is 1. The monoisotopic (exact) mass is 261 g/mol. The van der Waals surface area contributed by atoms with Gasteiger partial charge in [0.1, 0.15) is 11.3 Å². The van der Waals surface area contributed by atoms with Crippen molar-refractivity contribution in [1.29, 1.82) is 0 Å². The Morgan fingerprint density at radius 2 is 2.32 bits per heavy atom. The molecule has 3 N–H and O–H groups in total. The fourth-order valence-electron chi connectivity index (χ4n) is 1.78. The highest BCUT2D eigenvalue weighted by Crippen LogP contribution is 2.24. The lowest BCUT2D eigenvalue weighted by atomic mass is 10.1. The quantitative estimate of drug-likeness (QED) is 0.792. The number of anilines is 1. The maximum atomic E-state index is 11.1. The van der Waals surface area contributed by atoms with E-state index in [0.29, 0.717) is 13.0 Å². The van der Waals surface area contributed by atoms with E-state index in [1.165, 1.54) is 6.07 Å². The predicted octanol–water partition coefficient (Wildman–Crippen LogP) is 1.32. The van der Waals surface area contributed by atoms with Crippen molar-refractivity contribution < 1.29 is 14.6 Å². The van der Waals surface area contributed by atoms with Crippen molar-refractivity contribution >= 4 is 11.7 Å². The predicted molar refractivity (Wildman–Crippen MR) is 70.2 cm³/mol. The van der Waals surface area contributed by atoms with Gasteiger partial charge >= 0.3 is 5.97 Å². The molecule has 0 unspecified atom stereocenters. The first kappa shape index (κ1) is 12.9. The lowest BCUT2D eigenvalue weighted by Crippen LogP contribution is -2.08. The zero-order chi connectivity index (χ0) is 13.8. The minimum atomic E-state index is -1.09. The highest BCUT2D eigenvalue weighted by atomic mass is 16.5. The molecule has 0 saturated heterocycles. The maximum Gasteiger partial charge on any atom is 0.341 e. The molecule has 1 heterocycles. The summed E-state index contributed by atoms with van der Waals surface area (Å²) in [6.45, 7) is 0.370. The molecule has 0 fully saturated rings. The number of aromatic nitrogens is 2. The maximum absolute atomic E-state index is 11.1. The van der Waals surface area contributed by atoms with E-state index >= 15 is 0 Å².